The van der Waals surface area contributed by atoms with Gasteiger partial charge in [0.2, 0.25) is 11.8 Å². The number of rotatable bonds is 7. The van der Waals surface area contributed by atoms with Crippen LogP contribution in [0.3, 0.4) is 0 Å². The molecule has 0 spiro atoms. The maximum atomic E-state index is 13.8. The van der Waals surface area contributed by atoms with Crippen molar-refractivity contribution < 1.29 is 23.5 Å². The highest BCUT2D eigenvalue weighted by atomic mass is 19.1. The average Bonchev–Trinajstić information content (AvgIpc) is 2.56. The second-order valence-electron chi connectivity index (χ2n) is 5.36. The van der Waals surface area contributed by atoms with Crippen LogP contribution in [0, 0.1) is 5.82 Å². The van der Waals surface area contributed by atoms with Crippen molar-refractivity contribution in [3.63, 3.8) is 0 Å². The molecule has 0 atom stereocenters. The second kappa shape index (κ2) is 8.39. The minimum absolute atomic E-state index is 0.0402. The number of ether oxygens (including phenoxy) is 1. The predicted octanol–water partition coefficient (Wildman–Crippen LogP) is 0.743. The fraction of sp³-hybridized carbons (Fsp3) is 0.438. The summed E-state index contributed by atoms with van der Waals surface area (Å²) in [5.41, 5.74) is 0.358. The number of benzene rings is 1. The quantitative estimate of drug-likeness (QED) is 0.796. The van der Waals surface area contributed by atoms with E-state index in [1.54, 1.807) is 18.2 Å². The topological polar surface area (TPSA) is 79.0 Å². The van der Waals surface area contributed by atoms with Gasteiger partial charge in [0.25, 0.3) is 0 Å². The summed E-state index contributed by atoms with van der Waals surface area (Å²) in [6.07, 6.45) is 0.157. The van der Waals surface area contributed by atoms with Crippen LogP contribution in [0.15, 0.2) is 24.3 Å². The molecule has 1 aromatic carbocycles. The van der Waals surface area contributed by atoms with E-state index in [-0.39, 0.29) is 39.2 Å². The summed E-state index contributed by atoms with van der Waals surface area (Å²) in [5, 5.41) is 2.52. The number of halogens is 1. The van der Waals surface area contributed by atoms with Crippen LogP contribution in [0.2, 0.25) is 0 Å². The predicted molar refractivity (Wildman–Crippen MR) is 83.4 cm³/mol. The first-order valence-electron chi connectivity index (χ1n) is 7.61. The number of carbonyl (C=O) groups excluding carboxylic acids is 3. The Morgan fingerprint density at radius 2 is 2.12 bits per heavy atom. The lowest BCUT2D eigenvalue weighted by Gasteiger charge is -2.29. The molecule has 1 aromatic rings. The summed E-state index contributed by atoms with van der Waals surface area (Å²) in [6, 6.07) is 5.56. The van der Waals surface area contributed by atoms with E-state index >= 15 is 0 Å². The van der Waals surface area contributed by atoms with E-state index < -0.39 is 23.7 Å². The van der Waals surface area contributed by atoms with E-state index in [0.29, 0.717) is 5.56 Å². The molecule has 8 heteroatoms. The molecule has 2 rings (SSSR count). The number of imide groups is 1. The molecule has 0 unspecified atom stereocenters. The van der Waals surface area contributed by atoms with Gasteiger partial charge < -0.3 is 15.0 Å². The molecule has 7 nitrogen and oxygen atoms in total. The number of amides is 4. The lowest BCUT2D eigenvalue weighted by Crippen LogP contribution is -2.53. The van der Waals surface area contributed by atoms with Gasteiger partial charge in [0.15, 0.2) is 0 Å². The second-order valence-corrected chi connectivity index (χ2v) is 5.36. The highest BCUT2D eigenvalue weighted by Gasteiger charge is 2.29. The Labute approximate surface area is 139 Å². The van der Waals surface area contributed by atoms with Crippen molar-refractivity contribution in [2.75, 3.05) is 33.4 Å². The molecule has 0 aliphatic carbocycles. The maximum absolute atomic E-state index is 13.8. The van der Waals surface area contributed by atoms with Gasteiger partial charge >= 0.3 is 6.03 Å². The maximum Gasteiger partial charge on any atom is 0.324 e. The van der Waals surface area contributed by atoms with Gasteiger partial charge in [-0.2, -0.15) is 0 Å². The number of hydrogen-bond acceptors (Lipinski definition) is 4. The van der Waals surface area contributed by atoms with Crippen molar-refractivity contribution in [2.45, 2.75) is 13.0 Å². The number of nitrogens with one attached hydrogen (secondary N) is 1. The van der Waals surface area contributed by atoms with Crippen LogP contribution in [-0.4, -0.2) is 61.0 Å². The third kappa shape index (κ3) is 4.51. The monoisotopic (exact) mass is 337 g/mol. The van der Waals surface area contributed by atoms with Crippen LogP contribution in [0.4, 0.5) is 9.18 Å². The third-order valence-electron chi connectivity index (χ3n) is 3.69. The standard InChI is InChI=1S/C16H20FN3O4/c1-24-9-8-19(10-12-4-2-3-5-13(12)17)15(22)11-20-14(21)6-7-18-16(20)23/h2-5H,6-11H2,1H3,(H,18,23). The van der Waals surface area contributed by atoms with Crippen LogP contribution in [-0.2, 0) is 20.9 Å². The van der Waals surface area contributed by atoms with E-state index in [0.717, 1.165) is 4.90 Å². The lowest BCUT2D eigenvalue weighted by molar-refractivity contribution is -0.139. The molecule has 0 saturated carbocycles. The Kier molecular flexibility index (Phi) is 6.25. The van der Waals surface area contributed by atoms with Crippen molar-refractivity contribution in [2.24, 2.45) is 0 Å². The molecule has 1 aliphatic rings. The molecular formula is C16H20FN3O4. The van der Waals surface area contributed by atoms with Crippen molar-refractivity contribution in [1.29, 1.82) is 0 Å². The normalized spacial score (nSPS) is 14.5. The van der Waals surface area contributed by atoms with Crippen molar-refractivity contribution >= 4 is 17.8 Å². The van der Waals surface area contributed by atoms with Crippen LogP contribution in [0.5, 0.6) is 0 Å². The number of hydrogen-bond donors (Lipinski definition) is 1. The zero-order chi connectivity index (χ0) is 17.5. The first-order valence-corrected chi connectivity index (χ1v) is 7.61. The lowest BCUT2D eigenvalue weighted by atomic mass is 10.2. The summed E-state index contributed by atoms with van der Waals surface area (Å²) in [7, 11) is 1.49. The Bertz CT molecular complexity index is 607. The zero-order valence-corrected chi connectivity index (χ0v) is 13.5. The van der Waals surface area contributed by atoms with Gasteiger partial charge in [0, 0.05) is 38.7 Å². The van der Waals surface area contributed by atoms with Crippen molar-refractivity contribution in [3.8, 4) is 0 Å². The summed E-state index contributed by atoms with van der Waals surface area (Å²) in [6.45, 7) is 0.431. The Hall–Kier alpha value is -2.48. The van der Waals surface area contributed by atoms with Gasteiger partial charge in [-0.3, -0.25) is 14.5 Å². The first kappa shape index (κ1) is 17.9. The van der Waals surface area contributed by atoms with E-state index in [1.165, 1.54) is 18.1 Å². The summed E-state index contributed by atoms with van der Waals surface area (Å²) >= 11 is 0. The molecular weight excluding hydrogens is 317 g/mol. The molecule has 24 heavy (non-hydrogen) atoms. The molecule has 0 radical (unpaired) electrons. The third-order valence-corrected chi connectivity index (χ3v) is 3.69. The molecule has 1 saturated heterocycles. The molecule has 4 amide bonds. The minimum Gasteiger partial charge on any atom is -0.383 e. The van der Waals surface area contributed by atoms with Gasteiger partial charge in [0.1, 0.15) is 12.4 Å². The van der Waals surface area contributed by atoms with E-state index in [2.05, 4.69) is 5.32 Å². The van der Waals surface area contributed by atoms with E-state index in [1.807, 2.05) is 0 Å². The fourth-order valence-corrected chi connectivity index (χ4v) is 2.34. The van der Waals surface area contributed by atoms with Gasteiger partial charge in [0.05, 0.1) is 6.61 Å². The summed E-state index contributed by atoms with van der Waals surface area (Å²) in [5.74, 6) is -1.26. The molecule has 1 N–H and O–H groups in total. The molecule has 130 valence electrons. The number of methoxy groups -OCH3 is 1. The Balaban J connectivity index is 2.08. The highest BCUT2D eigenvalue weighted by Crippen LogP contribution is 2.11. The van der Waals surface area contributed by atoms with E-state index in [4.69, 9.17) is 4.74 Å². The van der Waals surface area contributed by atoms with Gasteiger partial charge in [-0.25, -0.2) is 9.18 Å². The molecule has 0 aromatic heterocycles. The Morgan fingerprint density at radius 1 is 1.38 bits per heavy atom. The molecule has 1 aliphatic heterocycles. The average molecular weight is 337 g/mol. The number of carbonyl (C=O) groups is 3. The highest BCUT2D eigenvalue weighted by molar-refractivity contribution is 6.00. The van der Waals surface area contributed by atoms with Crippen LogP contribution in [0.25, 0.3) is 0 Å². The fourth-order valence-electron chi connectivity index (χ4n) is 2.34. The van der Waals surface area contributed by atoms with Crippen LogP contribution in [0.1, 0.15) is 12.0 Å². The number of urea groups is 1. The molecule has 1 fully saturated rings. The van der Waals surface area contributed by atoms with Crippen LogP contribution < -0.4 is 5.32 Å². The van der Waals surface area contributed by atoms with E-state index in [9.17, 15) is 18.8 Å². The largest absolute Gasteiger partial charge is 0.383 e. The van der Waals surface area contributed by atoms with Gasteiger partial charge in [-0.05, 0) is 6.07 Å². The first-order chi connectivity index (χ1) is 11.5. The van der Waals surface area contributed by atoms with Crippen molar-refractivity contribution in [3.05, 3.63) is 35.6 Å². The molecule has 0 bridgehead atoms. The Morgan fingerprint density at radius 3 is 2.79 bits per heavy atom. The number of nitrogens with zero attached hydrogens (tertiary/aromatic N) is 2. The van der Waals surface area contributed by atoms with Gasteiger partial charge in [-0.1, -0.05) is 18.2 Å². The van der Waals surface area contributed by atoms with Gasteiger partial charge in [-0.15, -0.1) is 0 Å². The molecule has 1 heterocycles. The smallest absolute Gasteiger partial charge is 0.324 e. The van der Waals surface area contributed by atoms with Crippen LogP contribution >= 0.6 is 0 Å². The SMILES string of the molecule is COCCN(Cc1ccccc1F)C(=O)CN1C(=O)CCNC1=O. The zero-order valence-electron chi connectivity index (χ0n) is 13.5. The minimum atomic E-state index is -0.586. The van der Waals surface area contributed by atoms with Crippen molar-refractivity contribution in [1.82, 2.24) is 15.1 Å². The summed E-state index contributed by atoms with van der Waals surface area (Å²) in [4.78, 5) is 38.3. The summed E-state index contributed by atoms with van der Waals surface area (Å²) < 4.78 is 18.8.